The molecule has 5 nitrogen and oxygen atoms in total. The van der Waals surface area contributed by atoms with E-state index in [2.05, 4.69) is 19.2 Å². The summed E-state index contributed by atoms with van der Waals surface area (Å²) in [6, 6.07) is 13.0. The Labute approximate surface area is 182 Å². The van der Waals surface area contributed by atoms with E-state index in [9.17, 15) is 14.4 Å². The van der Waals surface area contributed by atoms with Crippen molar-refractivity contribution in [1.82, 2.24) is 0 Å². The van der Waals surface area contributed by atoms with Gasteiger partial charge < -0.3 is 5.32 Å². The molecule has 160 valence electrons. The zero-order chi connectivity index (χ0) is 21.7. The predicted octanol–water partition coefficient (Wildman–Crippen LogP) is 4.60. The van der Waals surface area contributed by atoms with Gasteiger partial charge in [0.2, 0.25) is 11.8 Å². The molecule has 3 aliphatic rings. The Morgan fingerprint density at radius 3 is 2.06 bits per heavy atom. The Morgan fingerprint density at radius 2 is 1.48 bits per heavy atom. The van der Waals surface area contributed by atoms with E-state index in [1.54, 1.807) is 24.3 Å². The molecule has 0 spiro atoms. The van der Waals surface area contributed by atoms with Gasteiger partial charge in [-0.25, -0.2) is 4.90 Å². The predicted molar refractivity (Wildman–Crippen MR) is 120 cm³/mol. The molecule has 2 saturated carbocycles. The SMILES string of the molecule is CCc1cccc(CC)c1NC(=O)c1ccccc1N1C(=O)[C@@H]2[C@@H]3CC[C@H](C3)[C@@H]2C1=O. The molecule has 2 aromatic carbocycles. The van der Waals surface area contributed by atoms with Crippen molar-refractivity contribution in [2.75, 3.05) is 10.2 Å². The third-order valence-electron chi connectivity index (χ3n) is 7.55. The molecule has 3 fully saturated rings. The summed E-state index contributed by atoms with van der Waals surface area (Å²) in [7, 11) is 0. The number of carbonyl (C=O) groups excluding carboxylic acids is 3. The number of nitrogens with one attached hydrogen (secondary N) is 1. The number of imide groups is 1. The lowest BCUT2D eigenvalue weighted by Crippen LogP contribution is -2.34. The summed E-state index contributed by atoms with van der Waals surface area (Å²) >= 11 is 0. The molecule has 4 atom stereocenters. The van der Waals surface area contributed by atoms with Gasteiger partial charge in [-0.3, -0.25) is 14.4 Å². The first-order valence-corrected chi connectivity index (χ1v) is 11.4. The molecular formula is C26H28N2O3. The lowest BCUT2D eigenvalue weighted by molar-refractivity contribution is -0.123. The van der Waals surface area contributed by atoms with E-state index >= 15 is 0 Å². The minimum Gasteiger partial charge on any atom is -0.321 e. The fraction of sp³-hybridized carbons (Fsp3) is 0.423. The number of benzene rings is 2. The average Bonchev–Trinajstić information content (AvgIpc) is 3.47. The number of carbonyl (C=O) groups is 3. The molecule has 2 bridgehead atoms. The number of rotatable bonds is 5. The number of hydrogen-bond acceptors (Lipinski definition) is 3. The number of para-hydroxylation sites is 2. The summed E-state index contributed by atoms with van der Waals surface area (Å²) in [4.78, 5) is 41.3. The number of anilines is 2. The molecule has 2 aromatic rings. The quantitative estimate of drug-likeness (QED) is 0.725. The van der Waals surface area contributed by atoms with Gasteiger partial charge >= 0.3 is 0 Å². The van der Waals surface area contributed by atoms with Gasteiger partial charge in [-0.1, -0.05) is 44.2 Å². The van der Waals surface area contributed by atoms with Crippen LogP contribution in [0.4, 0.5) is 11.4 Å². The number of amides is 3. The Kier molecular flexibility index (Phi) is 4.92. The van der Waals surface area contributed by atoms with E-state index < -0.39 is 0 Å². The van der Waals surface area contributed by atoms with Crippen LogP contribution in [0.15, 0.2) is 42.5 Å². The van der Waals surface area contributed by atoms with Crippen molar-refractivity contribution in [2.24, 2.45) is 23.7 Å². The zero-order valence-electron chi connectivity index (χ0n) is 18.1. The molecule has 2 aliphatic carbocycles. The molecule has 0 unspecified atom stereocenters. The number of fused-ring (bicyclic) bond motifs is 5. The first kappa shape index (κ1) is 20.0. The Morgan fingerprint density at radius 1 is 0.903 bits per heavy atom. The van der Waals surface area contributed by atoms with E-state index in [0.29, 0.717) is 23.1 Å². The van der Waals surface area contributed by atoms with Gasteiger partial charge in [0.15, 0.2) is 0 Å². The van der Waals surface area contributed by atoms with E-state index in [-0.39, 0.29) is 29.6 Å². The van der Waals surface area contributed by atoms with Crippen LogP contribution in [0.3, 0.4) is 0 Å². The number of hydrogen-bond donors (Lipinski definition) is 1. The lowest BCUT2D eigenvalue weighted by Gasteiger charge is -2.21. The Balaban J connectivity index is 1.49. The fourth-order valence-corrected chi connectivity index (χ4v) is 6.09. The van der Waals surface area contributed by atoms with Gasteiger partial charge in [-0.15, -0.1) is 0 Å². The van der Waals surface area contributed by atoms with Gasteiger partial charge in [0.25, 0.3) is 5.91 Å². The van der Waals surface area contributed by atoms with Crippen molar-refractivity contribution in [1.29, 1.82) is 0 Å². The molecule has 0 radical (unpaired) electrons. The fourth-order valence-electron chi connectivity index (χ4n) is 6.09. The first-order chi connectivity index (χ1) is 15.0. The maximum Gasteiger partial charge on any atom is 0.257 e. The van der Waals surface area contributed by atoms with E-state index in [1.165, 1.54) is 4.90 Å². The topological polar surface area (TPSA) is 66.5 Å². The van der Waals surface area contributed by atoms with Crippen LogP contribution in [-0.2, 0) is 22.4 Å². The standard InChI is InChI=1S/C26H28N2O3/c1-3-15-8-7-9-16(4-2)23(15)27-24(29)19-10-5-6-11-20(19)28-25(30)21-17-12-13-18(14-17)22(21)26(28)31/h5-11,17-18,21-22H,3-4,12-14H2,1-2H3,(H,27,29)/t17-,18-,21-,22+/m1/s1. The van der Waals surface area contributed by atoms with Gasteiger partial charge in [-0.05, 0) is 67.2 Å². The van der Waals surface area contributed by atoms with Crippen molar-refractivity contribution in [3.63, 3.8) is 0 Å². The Hall–Kier alpha value is -2.95. The molecule has 5 heteroatoms. The van der Waals surface area contributed by atoms with Gasteiger partial charge in [0.05, 0.1) is 23.1 Å². The van der Waals surface area contributed by atoms with Crippen LogP contribution in [0.25, 0.3) is 0 Å². The normalized spacial score (nSPS) is 26.5. The second-order valence-electron chi connectivity index (χ2n) is 9.03. The molecular weight excluding hydrogens is 388 g/mol. The molecule has 1 heterocycles. The van der Waals surface area contributed by atoms with Crippen molar-refractivity contribution >= 4 is 29.1 Å². The minimum absolute atomic E-state index is 0.120. The van der Waals surface area contributed by atoms with Crippen LogP contribution in [0, 0.1) is 23.7 Å². The summed E-state index contributed by atoms with van der Waals surface area (Å²) in [5.74, 6) is -0.283. The summed E-state index contributed by atoms with van der Waals surface area (Å²) in [5, 5.41) is 3.08. The summed E-state index contributed by atoms with van der Waals surface area (Å²) in [6.07, 6.45) is 4.68. The molecule has 1 N–H and O–H groups in total. The largest absolute Gasteiger partial charge is 0.321 e. The molecule has 1 saturated heterocycles. The van der Waals surface area contributed by atoms with Crippen LogP contribution in [0.5, 0.6) is 0 Å². The number of nitrogens with zero attached hydrogens (tertiary/aromatic N) is 1. The summed E-state index contributed by atoms with van der Waals surface area (Å²) < 4.78 is 0. The lowest BCUT2D eigenvalue weighted by atomic mass is 9.81. The van der Waals surface area contributed by atoms with Crippen molar-refractivity contribution in [3.05, 3.63) is 59.2 Å². The van der Waals surface area contributed by atoms with Crippen LogP contribution < -0.4 is 10.2 Å². The molecule has 1 aliphatic heterocycles. The molecule has 31 heavy (non-hydrogen) atoms. The van der Waals surface area contributed by atoms with Gasteiger partial charge in [0.1, 0.15) is 0 Å². The highest BCUT2D eigenvalue weighted by atomic mass is 16.2. The van der Waals surface area contributed by atoms with Crippen molar-refractivity contribution in [3.8, 4) is 0 Å². The van der Waals surface area contributed by atoms with E-state index in [4.69, 9.17) is 0 Å². The smallest absolute Gasteiger partial charge is 0.257 e. The summed E-state index contributed by atoms with van der Waals surface area (Å²) in [5.41, 5.74) is 3.76. The highest BCUT2D eigenvalue weighted by Crippen LogP contribution is 2.56. The molecule has 3 amide bonds. The minimum atomic E-state index is -0.285. The van der Waals surface area contributed by atoms with Crippen molar-refractivity contribution < 1.29 is 14.4 Å². The van der Waals surface area contributed by atoms with Crippen LogP contribution >= 0.6 is 0 Å². The second-order valence-corrected chi connectivity index (χ2v) is 9.03. The summed E-state index contributed by atoms with van der Waals surface area (Å²) in [6.45, 7) is 4.12. The monoisotopic (exact) mass is 416 g/mol. The third kappa shape index (κ3) is 3.01. The van der Waals surface area contributed by atoms with Crippen molar-refractivity contribution in [2.45, 2.75) is 46.0 Å². The van der Waals surface area contributed by atoms with Crippen LogP contribution in [0.1, 0.15) is 54.6 Å². The molecule has 0 aromatic heterocycles. The van der Waals surface area contributed by atoms with Gasteiger partial charge in [-0.2, -0.15) is 0 Å². The van der Waals surface area contributed by atoms with E-state index in [1.807, 2.05) is 18.2 Å². The van der Waals surface area contributed by atoms with Gasteiger partial charge in [0, 0.05) is 5.69 Å². The van der Waals surface area contributed by atoms with E-state index in [0.717, 1.165) is 48.9 Å². The van der Waals surface area contributed by atoms with Crippen LogP contribution in [-0.4, -0.2) is 17.7 Å². The number of aryl methyl sites for hydroxylation is 2. The first-order valence-electron chi connectivity index (χ1n) is 11.4. The molecule has 5 rings (SSSR count). The van der Waals surface area contributed by atoms with Crippen LogP contribution in [0.2, 0.25) is 0 Å². The average molecular weight is 417 g/mol. The third-order valence-corrected chi connectivity index (χ3v) is 7.55. The maximum absolute atomic E-state index is 13.4. The second kappa shape index (κ2) is 7.63. The maximum atomic E-state index is 13.4. The zero-order valence-corrected chi connectivity index (χ0v) is 18.1. The highest BCUT2D eigenvalue weighted by Gasteiger charge is 2.61. The Bertz CT molecular complexity index is 1030. The highest BCUT2D eigenvalue weighted by molar-refractivity contribution is 6.25.